The Morgan fingerprint density at radius 3 is 2.71 bits per heavy atom. The average Bonchev–Trinajstić information content (AvgIpc) is 2.50. The number of aromatic nitrogens is 1. The van der Waals surface area contributed by atoms with E-state index in [2.05, 4.69) is 10.3 Å². The van der Waals surface area contributed by atoms with Gasteiger partial charge in [0.25, 0.3) is 5.91 Å². The maximum atomic E-state index is 12.3. The van der Waals surface area contributed by atoms with Gasteiger partial charge in [0, 0.05) is 12.6 Å². The summed E-state index contributed by atoms with van der Waals surface area (Å²) >= 11 is 11.8. The Bertz CT molecular complexity index is 491. The van der Waals surface area contributed by atoms with Crippen LogP contribution in [0.2, 0.25) is 10.2 Å². The fraction of sp³-hybridized carbons (Fsp3) is 0.600. The molecule has 1 unspecified atom stereocenters. The lowest BCUT2D eigenvalue weighted by atomic mass is 9.82. The molecule has 1 heterocycles. The van der Waals surface area contributed by atoms with Crippen molar-refractivity contribution >= 4 is 29.1 Å². The van der Waals surface area contributed by atoms with Crippen LogP contribution in [0.1, 0.15) is 49.0 Å². The molecule has 0 saturated heterocycles. The van der Waals surface area contributed by atoms with Gasteiger partial charge in [0.1, 0.15) is 10.8 Å². The molecule has 0 radical (unpaired) electrons. The van der Waals surface area contributed by atoms with Crippen LogP contribution in [0.4, 0.5) is 0 Å². The van der Waals surface area contributed by atoms with Gasteiger partial charge in [-0.15, -0.1) is 0 Å². The normalized spacial score (nSPS) is 17.5. The van der Waals surface area contributed by atoms with Crippen LogP contribution >= 0.6 is 23.2 Å². The van der Waals surface area contributed by atoms with Gasteiger partial charge in [0.2, 0.25) is 0 Å². The maximum Gasteiger partial charge on any atom is 0.271 e. The maximum absolute atomic E-state index is 12.3. The molecule has 0 bridgehead atoms. The van der Waals surface area contributed by atoms with E-state index in [9.17, 15) is 9.90 Å². The Hall–Kier alpha value is -0.840. The van der Waals surface area contributed by atoms with Crippen LogP contribution in [0.25, 0.3) is 0 Å². The molecule has 1 aliphatic carbocycles. The monoisotopic (exact) mass is 330 g/mol. The Morgan fingerprint density at radius 2 is 2.05 bits per heavy atom. The first-order valence-electron chi connectivity index (χ1n) is 7.35. The molecule has 1 saturated carbocycles. The van der Waals surface area contributed by atoms with E-state index < -0.39 is 0 Å². The second-order valence-electron chi connectivity index (χ2n) is 5.45. The van der Waals surface area contributed by atoms with E-state index in [4.69, 9.17) is 23.2 Å². The predicted octanol–water partition coefficient (Wildman–Crippen LogP) is 3.45. The highest BCUT2D eigenvalue weighted by molar-refractivity contribution is 6.34. The third-order valence-electron chi connectivity index (χ3n) is 4.00. The number of carbonyl (C=O) groups is 1. The molecule has 6 heteroatoms. The highest BCUT2D eigenvalue weighted by atomic mass is 35.5. The molecular weight excluding hydrogens is 311 g/mol. The predicted molar refractivity (Wildman–Crippen MR) is 83.8 cm³/mol. The minimum atomic E-state index is -0.327. The van der Waals surface area contributed by atoms with Crippen LogP contribution < -0.4 is 5.32 Å². The summed E-state index contributed by atoms with van der Waals surface area (Å²) in [5.41, 5.74) is 0.142. The summed E-state index contributed by atoms with van der Waals surface area (Å²) in [6, 6.07) is 3.07. The number of carbonyl (C=O) groups excluding carboxylic acids is 1. The zero-order valence-electron chi connectivity index (χ0n) is 11.8. The van der Waals surface area contributed by atoms with Crippen LogP contribution in [-0.4, -0.2) is 28.6 Å². The molecule has 0 aliphatic heterocycles. The SMILES string of the molecule is O=C(NC(CCO)C1CCCCC1)c1nc(Cl)ccc1Cl. The van der Waals surface area contributed by atoms with Gasteiger partial charge in [-0.25, -0.2) is 4.98 Å². The smallest absolute Gasteiger partial charge is 0.271 e. The van der Waals surface area contributed by atoms with Gasteiger partial charge >= 0.3 is 0 Å². The van der Waals surface area contributed by atoms with Gasteiger partial charge in [-0.1, -0.05) is 42.5 Å². The number of rotatable bonds is 5. The number of hydrogen-bond acceptors (Lipinski definition) is 3. The number of halogens is 2. The molecule has 1 fully saturated rings. The van der Waals surface area contributed by atoms with E-state index in [1.54, 1.807) is 12.1 Å². The third kappa shape index (κ3) is 4.56. The standard InChI is InChI=1S/C15H20Cl2N2O2/c16-11-6-7-13(17)19-14(11)15(21)18-12(8-9-20)10-4-2-1-3-5-10/h6-7,10,12,20H,1-5,8-9H2,(H,18,21). The number of nitrogens with zero attached hydrogens (tertiary/aromatic N) is 1. The second kappa shape index (κ2) is 7.97. The number of nitrogens with one attached hydrogen (secondary N) is 1. The molecule has 1 amide bonds. The lowest BCUT2D eigenvalue weighted by Gasteiger charge is -2.30. The Kier molecular flexibility index (Phi) is 6.27. The summed E-state index contributed by atoms with van der Waals surface area (Å²) in [6.07, 6.45) is 6.33. The fourth-order valence-corrected chi connectivity index (χ4v) is 3.25. The molecule has 1 aromatic heterocycles. The Balaban J connectivity index is 2.08. The second-order valence-corrected chi connectivity index (χ2v) is 6.25. The van der Waals surface area contributed by atoms with Crippen molar-refractivity contribution in [1.29, 1.82) is 0 Å². The first-order valence-corrected chi connectivity index (χ1v) is 8.11. The van der Waals surface area contributed by atoms with E-state index in [-0.39, 0.29) is 34.4 Å². The molecule has 1 atom stereocenters. The lowest BCUT2D eigenvalue weighted by Crippen LogP contribution is -2.42. The molecule has 21 heavy (non-hydrogen) atoms. The zero-order chi connectivity index (χ0) is 15.2. The lowest BCUT2D eigenvalue weighted by molar-refractivity contribution is 0.0894. The van der Waals surface area contributed by atoms with Gasteiger partial charge in [0.05, 0.1) is 5.02 Å². The van der Waals surface area contributed by atoms with Crippen LogP contribution in [0.5, 0.6) is 0 Å². The molecule has 4 nitrogen and oxygen atoms in total. The van der Waals surface area contributed by atoms with Gasteiger partial charge in [0.15, 0.2) is 0 Å². The largest absolute Gasteiger partial charge is 0.396 e. The van der Waals surface area contributed by atoms with Crippen molar-refractivity contribution in [2.24, 2.45) is 5.92 Å². The summed E-state index contributed by atoms with van der Waals surface area (Å²) in [5.74, 6) is 0.0827. The molecule has 0 aromatic carbocycles. The molecule has 1 aliphatic rings. The number of aliphatic hydroxyl groups excluding tert-OH is 1. The van der Waals surface area contributed by atoms with Gasteiger partial charge < -0.3 is 10.4 Å². The zero-order valence-corrected chi connectivity index (χ0v) is 13.3. The highest BCUT2D eigenvalue weighted by Crippen LogP contribution is 2.28. The van der Waals surface area contributed by atoms with Crippen LogP contribution in [-0.2, 0) is 0 Å². The van der Waals surface area contributed by atoms with E-state index in [1.807, 2.05) is 0 Å². The molecule has 1 aromatic rings. The van der Waals surface area contributed by atoms with Crippen molar-refractivity contribution in [3.8, 4) is 0 Å². The number of aliphatic hydroxyl groups is 1. The van der Waals surface area contributed by atoms with E-state index in [1.165, 1.54) is 19.3 Å². The molecular formula is C15H20Cl2N2O2. The van der Waals surface area contributed by atoms with Crippen molar-refractivity contribution in [3.05, 3.63) is 28.0 Å². The molecule has 2 rings (SSSR count). The minimum Gasteiger partial charge on any atom is -0.396 e. The van der Waals surface area contributed by atoms with E-state index in [0.717, 1.165) is 12.8 Å². The number of hydrogen-bond donors (Lipinski definition) is 2. The van der Waals surface area contributed by atoms with Crippen molar-refractivity contribution in [2.45, 2.75) is 44.6 Å². The number of amides is 1. The van der Waals surface area contributed by atoms with Crippen molar-refractivity contribution < 1.29 is 9.90 Å². The van der Waals surface area contributed by atoms with Crippen LogP contribution in [0.3, 0.4) is 0 Å². The third-order valence-corrected chi connectivity index (χ3v) is 4.52. The van der Waals surface area contributed by atoms with E-state index >= 15 is 0 Å². The van der Waals surface area contributed by atoms with Crippen LogP contribution in [0.15, 0.2) is 12.1 Å². The van der Waals surface area contributed by atoms with Gasteiger partial charge in [-0.3, -0.25) is 4.79 Å². The Labute approximate surface area is 134 Å². The minimum absolute atomic E-state index is 0.0420. The molecule has 116 valence electrons. The Morgan fingerprint density at radius 1 is 1.33 bits per heavy atom. The fourth-order valence-electron chi connectivity index (χ4n) is 2.92. The average molecular weight is 331 g/mol. The highest BCUT2D eigenvalue weighted by Gasteiger charge is 2.26. The topological polar surface area (TPSA) is 62.2 Å². The first kappa shape index (κ1) is 16.5. The van der Waals surface area contributed by atoms with Crippen molar-refractivity contribution in [2.75, 3.05) is 6.61 Å². The molecule has 0 spiro atoms. The summed E-state index contributed by atoms with van der Waals surface area (Å²) in [4.78, 5) is 16.3. The van der Waals surface area contributed by atoms with Crippen molar-refractivity contribution in [3.63, 3.8) is 0 Å². The first-order chi connectivity index (χ1) is 10.1. The van der Waals surface area contributed by atoms with E-state index in [0.29, 0.717) is 12.3 Å². The quantitative estimate of drug-likeness (QED) is 0.813. The number of pyridine rings is 1. The summed E-state index contributed by atoms with van der Waals surface area (Å²) in [6.45, 7) is 0.0537. The summed E-state index contributed by atoms with van der Waals surface area (Å²) in [7, 11) is 0. The van der Waals surface area contributed by atoms with Gasteiger partial charge in [-0.2, -0.15) is 0 Å². The van der Waals surface area contributed by atoms with Crippen LogP contribution in [0, 0.1) is 5.92 Å². The summed E-state index contributed by atoms with van der Waals surface area (Å²) in [5, 5.41) is 12.7. The molecule has 2 N–H and O–H groups in total. The summed E-state index contributed by atoms with van der Waals surface area (Å²) < 4.78 is 0. The van der Waals surface area contributed by atoms with Gasteiger partial charge in [-0.05, 0) is 37.3 Å². The van der Waals surface area contributed by atoms with Crippen molar-refractivity contribution in [1.82, 2.24) is 10.3 Å².